The Hall–Kier alpha value is -2.29. The fraction of sp³-hybridized carbons (Fsp3) is 0.316. The number of ether oxygens (including phenoxy) is 2. The molecule has 150 valence electrons. The summed E-state index contributed by atoms with van der Waals surface area (Å²) in [5.41, 5.74) is 1.63. The van der Waals surface area contributed by atoms with E-state index in [-0.39, 0.29) is 17.2 Å². The molecule has 28 heavy (non-hydrogen) atoms. The number of primary sulfonamides is 1. The lowest BCUT2D eigenvalue weighted by Gasteiger charge is -2.12. The van der Waals surface area contributed by atoms with E-state index in [1.165, 1.54) is 12.1 Å². The van der Waals surface area contributed by atoms with Gasteiger partial charge in [0, 0.05) is 13.0 Å². The van der Waals surface area contributed by atoms with Crippen molar-refractivity contribution >= 4 is 27.5 Å². The molecule has 0 unspecified atom stereocenters. The van der Waals surface area contributed by atoms with Crippen LogP contribution in [0.25, 0.3) is 0 Å². The van der Waals surface area contributed by atoms with Gasteiger partial charge in [0.1, 0.15) is 0 Å². The number of hydrogen-bond acceptors (Lipinski definition) is 5. The molecule has 0 aliphatic carbocycles. The number of fused-ring (bicyclic) bond motifs is 1. The van der Waals surface area contributed by atoms with Crippen molar-refractivity contribution in [1.29, 1.82) is 0 Å². The zero-order valence-corrected chi connectivity index (χ0v) is 16.7. The Morgan fingerprint density at radius 3 is 2.54 bits per heavy atom. The van der Waals surface area contributed by atoms with Crippen molar-refractivity contribution in [2.45, 2.75) is 24.2 Å². The molecule has 0 aromatic heterocycles. The Morgan fingerprint density at radius 1 is 1.11 bits per heavy atom. The number of hydrogen-bond donors (Lipinski definition) is 2. The van der Waals surface area contributed by atoms with Crippen LogP contribution in [0.4, 0.5) is 0 Å². The van der Waals surface area contributed by atoms with Gasteiger partial charge in [0.05, 0.1) is 29.6 Å². The molecule has 0 fully saturated rings. The minimum atomic E-state index is -3.70. The highest BCUT2D eigenvalue weighted by molar-refractivity contribution is 7.89. The van der Waals surface area contributed by atoms with Crippen molar-refractivity contribution in [2.24, 2.45) is 5.14 Å². The Labute approximate surface area is 168 Å². The predicted molar refractivity (Wildman–Crippen MR) is 105 cm³/mol. The molecular formula is C19H21ClN2O5S. The molecule has 0 bridgehead atoms. The van der Waals surface area contributed by atoms with Gasteiger partial charge in [0.2, 0.25) is 15.9 Å². The van der Waals surface area contributed by atoms with Gasteiger partial charge in [-0.25, -0.2) is 13.6 Å². The summed E-state index contributed by atoms with van der Waals surface area (Å²) in [6, 6.07) is 9.74. The molecule has 1 amide bonds. The Bertz CT molecular complexity index is 961. The maximum Gasteiger partial charge on any atom is 0.238 e. The smallest absolute Gasteiger partial charge is 0.238 e. The van der Waals surface area contributed by atoms with Crippen LogP contribution in [0.3, 0.4) is 0 Å². The van der Waals surface area contributed by atoms with Crippen LogP contribution in [0, 0.1) is 0 Å². The van der Waals surface area contributed by atoms with E-state index in [1.54, 1.807) is 24.3 Å². The van der Waals surface area contributed by atoms with Crippen LogP contribution in [0.5, 0.6) is 11.5 Å². The Kier molecular flexibility index (Phi) is 6.43. The summed E-state index contributed by atoms with van der Waals surface area (Å²) in [6.45, 7) is 1.51. The number of sulfonamides is 1. The molecular weight excluding hydrogens is 404 g/mol. The van der Waals surface area contributed by atoms with Crippen molar-refractivity contribution in [3.8, 4) is 11.5 Å². The quantitative estimate of drug-likeness (QED) is 0.737. The fourth-order valence-electron chi connectivity index (χ4n) is 2.83. The zero-order valence-electron chi connectivity index (χ0n) is 15.1. The molecule has 0 saturated carbocycles. The second kappa shape index (κ2) is 8.81. The highest BCUT2D eigenvalue weighted by Gasteiger charge is 2.16. The summed E-state index contributed by atoms with van der Waals surface area (Å²) in [4.78, 5) is 12.3. The van der Waals surface area contributed by atoms with E-state index in [4.69, 9.17) is 26.2 Å². The van der Waals surface area contributed by atoms with Crippen molar-refractivity contribution in [2.75, 3.05) is 19.8 Å². The lowest BCUT2D eigenvalue weighted by Crippen LogP contribution is -2.27. The number of halogens is 1. The second-order valence-electron chi connectivity index (χ2n) is 6.42. The van der Waals surface area contributed by atoms with Crippen LogP contribution in [-0.2, 0) is 27.7 Å². The number of carbonyl (C=O) groups is 1. The molecule has 1 aliphatic heterocycles. The normalized spacial score (nSPS) is 13.6. The van der Waals surface area contributed by atoms with Crippen molar-refractivity contribution < 1.29 is 22.7 Å². The van der Waals surface area contributed by atoms with E-state index in [1.807, 2.05) is 0 Å². The molecule has 0 radical (unpaired) electrons. The average Bonchev–Trinajstić information content (AvgIpc) is 2.87. The number of carbonyl (C=O) groups excluding carboxylic acids is 1. The topological polar surface area (TPSA) is 108 Å². The van der Waals surface area contributed by atoms with Crippen LogP contribution in [-0.4, -0.2) is 34.1 Å². The number of nitrogens with one attached hydrogen (secondary N) is 1. The fourth-order valence-corrected chi connectivity index (χ4v) is 3.63. The van der Waals surface area contributed by atoms with Gasteiger partial charge in [0.25, 0.3) is 0 Å². The number of benzene rings is 2. The van der Waals surface area contributed by atoms with Crippen LogP contribution >= 0.6 is 11.6 Å². The van der Waals surface area contributed by atoms with Gasteiger partial charge in [-0.05, 0) is 41.8 Å². The molecule has 0 atom stereocenters. The lowest BCUT2D eigenvalue weighted by molar-refractivity contribution is -0.120. The molecule has 0 saturated heterocycles. The predicted octanol–water partition coefficient (Wildman–Crippen LogP) is 2.05. The van der Waals surface area contributed by atoms with Crippen LogP contribution < -0.4 is 19.9 Å². The molecule has 1 heterocycles. The van der Waals surface area contributed by atoms with E-state index in [9.17, 15) is 13.2 Å². The van der Waals surface area contributed by atoms with Gasteiger partial charge in [-0.1, -0.05) is 23.7 Å². The van der Waals surface area contributed by atoms with Crippen LogP contribution in [0.15, 0.2) is 41.3 Å². The van der Waals surface area contributed by atoms with Gasteiger partial charge in [0.15, 0.2) is 11.5 Å². The third-order valence-corrected chi connectivity index (χ3v) is 5.42. The summed E-state index contributed by atoms with van der Waals surface area (Å²) in [7, 11) is -3.70. The van der Waals surface area contributed by atoms with E-state index >= 15 is 0 Å². The van der Waals surface area contributed by atoms with E-state index in [0.29, 0.717) is 42.7 Å². The largest absolute Gasteiger partial charge is 0.489 e. The van der Waals surface area contributed by atoms with Gasteiger partial charge in [-0.15, -0.1) is 0 Å². The Morgan fingerprint density at radius 2 is 1.82 bits per heavy atom. The molecule has 3 rings (SSSR count). The molecule has 3 N–H and O–H groups in total. The molecule has 9 heteroatoms. The monoisotopic (exact) mass is 424 g/mol. The van der Waals surface area contributed by atoms with E-state index in [0.717, 1.165) is 17.5 Å². The standard InChI is InChI=1S/C19H21ClN2O5S/c20-16-10-14(11-17-19(16)27-9-1-8-26-17)12-18(23)22-7-6-13-2-4-15(5-3-13)28(21,24)25/h2-5,10-11H,1,6-9,12H2,(H,22,23)(H2,21,24,25). The number of rotatable bonds is 6. The van der Waals surface area contributed by atoms with Crippen molar-refractivity contribution in [3.63, 3.8) is 0 Å². The van der Waals surface area contributed by atoms with Crippen LogP contribution in [0.1, 0.15) is 17.5 Å². The highest BCUT2D eigenvalue weighted by atomic mass is 35.5. The first-order valence-electron chi connectivity index (χ1n) is 8.79. The van der Waals surface area contributed by atoms with Gasteiger partial charge in [-0.3, -0.25) is 4.79 Å². The highest BCUT2D eigenvalue weighted by Crippen LogP contribution is 2.38. The first kappa shape index (κ1) is 20.4. The molecule has 7 nitrogen and oxygen atoms in total. The molecule has 2 aromatic carbocycles. The van der Waals surface area contributed by atoms with Gasteiger partial charge < -0.3 is 14.8 Å². The zero-order chi connectivity index (χ0) is 20.1. The van der Waals surface area contributed by atoms with Crippen LogP contribution in [0.2, 0.25) is 5.02 Å². The first-order chi connectivity index (χ1) is 13.3. The average molecular weight is 425 g/mol. The first-order valence-corrected chi connectivity index (χ1v) is 10.7. The van der Waals surface area contributed by atoms with E-state index < -0.39 is 10.0 Å². The van der Waals surface area contributed by atoms with Crippen molar-refractivity contribution in [1.82, 2.24) is 5.32 Å². The molecule has 1 aliphatic rings. The minimum absolute atomic E-state index is 0.0616. The maximum atomic E-state index is 12.2. The van der Waals surface area contributed by atoms with Gasteiger partial charge >= 0.3 is 0 Å². The number of nitrogens with two attached hydrogens (primary N) is 1. The third kappa shape index (κ3) is 5.37. The summed E-state index contributed by atoms with van der Waals surface area (Å²) in [5.74, 6) is 0.931. The maximum absolute atomic E-state index is 12.2. The second-order valence-corrected chi connectivity index (χ2v) is 8.39. The van der Waals surface area contributed by atoms with Crippen molar-refractivity contribution in [3.05, 3.63) is 52.5 Å². The molecule has 2 aromatic rings. The van der Waals surface area contributed by atoms with Gasteiger partial charge in [-0.2, -0.15) is 0 Å². The SMILES string of the molecule is NS(=O)(=O)c1ccc(CCNC(=O)Cc2cc(Cl)c3c(c2)OCCCO3)cc1. The summed E-state index contributed by atoms with van der Waals surface area (Å²) in [5, 5.41) is 8.34. The lowest BCUT2D eigenvalue weighted by atomic mass is 10.1. The number of amides is 1. The summed E-state index contributed by atoms with van der Waals surface area (Å²) < 4.78 is 33.7. The Balaban J connectivity index is 1.53. The molecule has 0 spiro atoms. The summed E-state index contributed by atoms with van der Waals surface area (Å²) in [6.07, 6.45) is 1.51. The third-order valence-electron chi connectivity index (χ3n) is 4.21. The van der Waals surface area contributed by atoms with E-state index in [2.05, 4.69) is 5.32 Å². The minimum Gasteiger partial charge on any atom is -0.489 e. The summed E-state index contributed by atoms with van der Waals surface area (Å²) >= 11 is 6.24.